The van der Waals surface area contributed by atoms with E-state index in [1.165, 1.54) is 11.3 Å². The summed E-state index contributed by atoms with van der Waals surface area (Å²) in [5.41, 5.74) is 1.46. The maximum absolute atomic E-state index is 13.5. The number of allylic oxidation sites excluding steroid dienone is 1. The van der Waals surface area contributed by atoms with Gasteiger partial charge >= 0.3 is 5.97 Å². The van der Waals surface area contributed by atoms with Crippen LogP contribution in [-0.4, -0.2) is 37.5 Å². The second-order valence-corrected chi connectivity index (χ2v) is 9.63. The van der Waals surface area contributed by atoms with Crippen molar-refractivity contribution in [2.24, 2.45) is 4.99 Å². The smallest absolute Gasteiger partial charge is 0.338 e. The van der Waals surface area contributed by atoms with Crippen molar-refractivity contribution in [1.82, 2.24) is 4.57 Å². The van der Waals surface area contributed by atoms with Crippen molar-refractivity contribution in [1.29, 1.82) is 0 Å². The average molecular weight is 499 g/mol. The van der Waals surface area contributed by atoms with E-state index in [2.05, 4.69) is 4.99 Å². The van der Waals surface area contributed by atoms with Crippen LogP contribution in [0.3, 0.4) is 0 Å². The van der Waals surface area contributed by atoms with Gasteiger partial charge in [0, 0.05) is 12.0 Å². The number of carbonyl (C=O) groups is 1. The first-order valence-electron chi connectivity index (χ1n) is 11.0. The third-order valence-corrected chi connectivity index (χ3v) is 7.05. The molecule has 1 aliphatic heterocycles. The molecular weight excluding hydrogens is 472 g/mol. The Morgan fingerprint density at radius 1 is 1.18 bits per heavy atom. The van der Waals surface area contributed by atoms with E-state index < -0.39 is 12.0 Å². The number of ether oxygens (including phenoxy) is 3. The molecule has 7 nitrogen and oxygen atoms in total. The van der Waals surface area contributed by atoms with Crippen LogP contribution in [0, 0.1) is 0 Å². The molecule has 0 saturated heterocycles. The van der Waals surface area contributed by atoms with Crippen LogP contribution >= 0.6 is 22.7 Å². The molecule has 4 rings (SSSR count). The Morgan fingerprint density at radius 2 is 1.97 bits per heavy atom. The van der Waals surface area contributed by atoms with Crippen molar-refractivity contribution in [3.05, 3.63) is 83.2 Å². The molecule has 3 aromatic rings. The summed E-state index contributed by atoms with van der Waals surface area (Å²) in [5.74, 6) is 0.225. The molecule has 0 amide bonds. The third kappa shape index (κ3) is 5.06. The Bertz CT molecular complexity index is 1350. The molecule has 0 radical (unpaired) electrons. The lowest BCUT2D eigenvalue weighted by atomic mass is 9.96. The highest BCUT2D eigenvalue weighted by molar-refractivity contribution is 7.11. The molecule has 34 heavy (non-hydrogen) atoms. The van der Waals surface area contributed by atoms with E-state index in [0.717, 1.165) is 22.6 Å². The van der Waals surface area contributed by atoms with Gasteiger partial charge in [0.2, 0.25) is 0 Å². The number of aromatic nitrogens is 1. The highest BCUT2D eigenvalue weighted by Gasteiger charge is 2.33. The molecule has 0 unspecified atom stereocenters. The molecular formula is C25H26N2O5S2. The van der Waals surface area contributed by atoms with Crippen molar-refractivity contribution >= 4 is 34.7 Å². The number of carbonyl (C=O) groups excluding carboxylic acids is 1. The van der Waals surface area contributed by atoms with Gasteiger partial charge in [-0.25, -0.2) is 9.79 Å². The quantitative estimate of drug-likeness (QED) is 0.334. The summed E-state index contributed by atoms with van der Waals surface area (Å²) >= 11 is 2.87. The number of hydrogen-bond acceptors (Lipinski definition) is 8. The summed E-state index contributed by atoms with van der Waals surface area (Å²) in [6.45, 7) is 4.84. The molecule has 2 aromatic heterocycles. The van der Waals surface area contributed by atoms with Gasteiger partial charge in [-0.2, -0.15) is 0 Å². The van der Waals surface area contributed by atoms with Crippen LogP contribution in [0.25, 0.3) is 6.08 Å². The fourth-order valence-corrected chi connectivity index (χ4v) is 5.43. The molecule has 0 saturated carbocycles. The van der Waals surface area contributed by atoms with E-state index in [1.807, 2.05) is 54.8 Å². The Morgan fingerprint density at radius 3 is 2.65 bits per heavy atom. The van der Waals surface area contributed by atoms with Gasteiger partial charge in [-0.05, 0) is 48.6 Å². The normalized spacial score (nSPS) is 15.7. The number of nitrogens with zero attached hydrogens (tertiary/aromatic N) is 2. The number of thiophene rings is 1. The molecule has 0 N–H and O–H groups in total. The van der Waals surface area contributed by atoms with E-state index in [1.54, 1.807) is 29.9 Å². The fourth-order valence-electron chi connectivity index (χ4n) is 3.66. The molecule has 0 aliphatic carbocycles. The Kier molecular flexibility index (Phi) is 7.77. The van der Waals surface area contributed by atoms with Crippen molar-refractivity contribution < 1.29 is 19.0 Å². The Balaban J connectivity index is 1.83. The van der Waals surface area contributed by atoms with Gasteiger partial charge in [0.15, 0.2) is 4.80 Å². The predicted octanol–water partition coefficient (Wildman–Crippen LogP) is 3.28. The molecule has 9 heteroatoms. The molecule has 0 fully saturated rings. The minimum atomic E-state index is -0.656. The Labute approximate surface area is 205 Å². The van der Waals surface area contributed by atoms with E-state index in [0.29, 0.717) is 27.2 Å². The fraction of sp³-hybridized carbons (Fsp3) is 0.320. The van der Waals surface area contributed by atoms with E-state index >= 15 is 0 Å². The minimum Gasteiger partial charge on any atom is -0.494 e. The molecule has 0 bridgehead atoms. The van der Waals surface area contributed by atoms with Crippen LogP contribution in [0.2, 0.25) is 0 Å². The summed E-state index contributed by atoms with van der Waals surface area (Å²) in [5, 5.41) is 1.96. The first-order valence-corrected chi connectivity index (χ1v) is 12.7. The number of esters is 1. The summed E-state index contributed by atoms with van der Waals surface area (Å²) in [6, 6.07) is 10.7. The second kappa shape index (κ2) is 10.9. The monoisotopic (exact) mass is 498 g/mol. The number of fused-ring (bicyclic) bond motifs is 1. The maximum Gasteiger partial charge on any atom is 0.338 e. The van der Waals surface area contributed by atoms with Crippen molar-refractivity contribution in [2.45, 2.75) is 26.3 Å². The van der Waals surface area contributed by atoms with Gasteiger partial charge in [0.1, 0.15) is 12.4 Å². The summed E-state index contributed by atoms with van der Waals surface area (Å²) in [4.78, 5) is 32.8. The Hall–Kier alpha value is -3.01. The van der Waals surface area contributed by atoms with Gasteiger partial charge in [0.05, 0.1) is 35.1 Å². The van der Waals surface area contributed by atoms with Crippen molar-refractivity contribution in [2.75, 3.05) is 26.9 Å². The summed E-state index contributed by atoms with van der Waals surface area (Å²) in [6.07, 6.45) is 2.77. The van der Waals surface area contributed by atoms with Crippen LogP contribution in [0.15, 0.2) is 62.8 Å². The van der Waals surface area contributed by atoms with E-state index in [9.17, 15) is 9.59 Å². The maximum atomic E-state index is 13.5. The average Bonchev–Trinajstić information content (AvgIpc) is 3.45. The summed E-state index contributed by atoms with van der Waals surface area (Å²) < 4.78 is 18.3. The second-order valence-electron chi connectivity index (χ2n) is 7.64. The highest BCUT2D eigenvalue weighted by atomic mass is 32.1. The van der Waals surface area contributed by atoms with Crippen LogP contribution in [0.4, 0.5) is 0 Å². The SMILES string of the molecule is CCCOc1ccc([C@@H]2C(C(=O)OCCOC)=C(C)N=c3s/c(=C\c4cccs4)c(=O)n32)cc1. The number of thiazole rings is 1. The van der Waals surface area contributed by atoms with Gasteiger partial charge in [-0.3, -0.25) is 9.36 Å². The first kappa shape index (κ1) is 24.1. The van der Waals surface area contributed by atoms with Gasteiger partial charge in [-0.15, -0.1) is 11.3 Å². The molecule has 1 aliphatic rings. The lowest BCUT2D eigenvalue weighted by Gasteiger charge is -2.25. The van der Waals surface area contributed by atoms with Gasteiger partial charge in [-0.1, -0.05) is 36.5 Å². The molecule has 178 valence electrons. The molecule has 3 heterocycles. The largest absolute Gasteiger partial charge is 0.494 e. The van der Waals surface area contributed by atoms with Crippen LogP contribution < -0.4 is 19.6 Å². The number of methoxy groups -OCH3 is 1. The van der Waals surface area contributed by atoms with Gasteiger partial charge in [0.25, 0.3) is 5.56 Å². The van der Waals surface area contributed by atoms with Crippen LogP contribution in [0.1, 0.15) is 36.8 Å². The lowest BCUT2D eigenvalue weighted by molar-refractivity contribution is -0.140. The zero-order valence-electron chi connectivity index (χ0n) is 19.3. The first-order chi connectivity index (χ1) is 16.5. The highest BCUT2D eigenvalue weighted by Crippen LogP contribution is 2.31. The van der Waals surface area contributed by atoms with Crippen molar-refractivity contribution in [3.63, 3.8) is 0 Å². The van der Waals surface area contributed by atoms with Crippen LogP contribution in [-0.2, 0) is 14.3 Å². The summed E-state index contributed by atoms with van der Waals surface area (Å²) in [7, 11) is 1.54. The molecule has 0 spiro atoms. The third-order valence-electron chi connectivity index (χ3n) is 5.25. The molecule has 1 atom stereocenters. The minimum absolute atomic E-state index is 0.116. The molecule has 1 aromatic carbocycles. The number of rotatable bonds is 9. The zero-order valence-corrected chi connectivity index (χ0v) is 20.9. The number of benzene rings is 1. The standard InChI is InChI=1S/C25H26N2O5S2/c1-4-11-31-18-9-7-17(8-10-18)22-21(24(29)32-13-12-30-3)16(2)26-25-27(22)23(28)20(34-25)15-19-6-5-14-33-19/h5-10,14-15,22H,4,11-13H2,1-3H3/b20-15-/t22-/m1/s1. The predicted molar refractivity (Wildman–Crippen MR) is 133 cm³/mol. The van der Waals surface area contributed by atoms with Crippen molar-refractivity contribution in [3.8, 4) is 5.75 Å². The number of hydrogen-bond donors (Lipinski definition) is 0. The lowest BCUT2D eigenvalue weighted by Crippen LogP contribution is -2.40. The van der Waals surface area contributed by atoms with E-state index in [4.69, 9.17) is 14.2 Å². The van der Waals surface area contributed by atoms with Gasteiger partial charge < -0.3 is 14.2 Å². The zero-order chi connectivity index (χ0) is 24.1. The van der Waals surface area contributed by atoms with Crippen LogP contribution in [0.5, 0.6) is 5.75 Å². The topological polar surface area (TPSA) is 79.1 Å². The van der Waals surface area contributed by atoms with E-state index in [-0.39, 0.29) is 18.8 Å².